The lowest BCUT2D eigenvalue weighted by molar-refractivity contribution is 0.0567. The van der Waals surface area contributed by atoms with Crippen LogP contribution in [0.1, 0.15) is 47.2 Å². The smallest absolute Gasteiger partial charge is 0.231 e. The van der Waals surface area contributed by atoms with Gasteiger partial charge in [0.15, 0.2) is 17.3 Å². The number of methoxy groups -OCH3 is 2. The van der Waals surface area contributed by atoms with Crippen molar-refractivity contribution < 1.29 is 23.7 Å². The molecular formula is C24H25NO5. The molecule has 1 fully saturated rings. The zero-order chi connectivity index (χ0) is 20.7. The van der Waals surface area contributed by atoms with Crippen molar-refractivity contribution in [2.75, 3.05) is 21.0 Å². The maximum atomic E-state index is 13.1. The van der Waals surface area contributed by atoms with Gasteiger partial charge in [-0.25, -0.2) is 0 Å². The average Bonchev–Trinajstić information content (AvgIpc) is 3.42. The molecule has 0 aromatic heterocycles. The average molecular weight is 407 g/mol. The van der Waals surface area contributed by atoms with Gasteiger partial charge >= 0.3 is 0 Å². The van der Waals surface area contributed by atoms with Crippen LogP contribution >= 0.6 is 0 Å². The molecule has 3 aliphatic rings. The van der Waals surface area contributed by atoms with E-state index < -0.39 is 0 Å². The molecular weight excluding hydrogens is 382 g/mol. The Morgan fingerprint density at radius 1 is 1.10 bits per heavy atom. The number of para-hydroxylation sites is 1. The van der Waals surface area contributed by atoms with Crippen LogP contribution < -0.4 is 18.9 Å². The number of hydrogen-bond acceptors (Lipinski definition) is 6. The summed E-state index contributed by atoms with van der Waals surface area (Å²) in [5, 5.41) is 0. The summed E-state index contributed by atoms with van der Waals surface area (Å²) in [6.45, 7) is 1.33. The highest BCUT2D eigenvalue weighted by Crippen LogP contribution is 2.43. The molecule has 0 radical (unpaired) electrons. The minimum atomic E-state index is -0.129. The first-order valence-corrected chi connectivity index (χ1v) is 10.4. The summed E-state index contributed by atoms with van der Waals surface area (Å²) < 4.78 is 23.0. The Morgan fingerprint density at radius 2 is 1.93 bits per heavy atom. The molecule has 2 heterocycles. The topological polar surface area (TPSA) is 57.2 Å². The van der Waals surface area contributed by atoms with Crippen LogP contribution in [0.4, 0.5) is 0 Å². The van der Waals surface area contributed by atoms with E-state index in [-0.39, 0.29) is 11.5 Å². The highest BCUT2D eigenvalue weighted by molar-refractivity contribution is 6.15. The Kier molecular flexibility index (Phi) is 4.87. The van der Waals surface area contributed by atoms with Crippen molar-refractivity contribution in [3.63, 3.8) is 0 Å². The largest absolute Gasteiger partial charge is 0.493 e. The predicted molar refractivity (Wildman–Crippen MR) is 112 cm³/mol. The molecule has 0 amide bonds. The molecule has 2 aliphatic heterocycles. The maximum absolute atomic E-state index is 13.1. The summed E-state index contributed by atoms with van der Waals surface area (Å²) in [7, 11) is 3.17. The van der Waals surface area contributed by atoms with Crippen molar-refractivity contribution in [2.45, 2.75) is 38.3 Å². The van der Waals surface area contributed by atoms with E-state index in [2.05, 4.69) is 4.90 Å². The Morgan fingerprint density at radius 3 is 2.70 bits per heavy atom. The first-order valence-electron chi connectivity index (χ1n) is 10.4. The van der Waals surface area contributed by atoms with Crippen LogP contribution in [0.3, 0.4) is 0 Å². The van der Waals surface area contributed by atoms with E-state index in [1.807, 2.05) is 24.3 Å². The van der Waals surface area contributed by atoms with E-state index in [9.17, 15) is 4.79 Å². The number of benzene rings is 2. The molecule has 2 aromatic carbocycles. The third-order valence-corrected chi connectivity index (χ3v) is 6.21. The minimum Gasteiger partial charge on any atom is -0.493 e. The fourth-order valence-electron chi connectivity index (χ4n) is 4.65. The lowest BCUT2D eigenvalue weighted by Crippen LogP contribution is -2.39. The highest BCUT2D eigenvalue weighted by Gasteiger charge is 2.35. The number of rotatable bonds is 4. The molecule has 156 valence electrons. The quantitative estimate of drug-likeness (QED) is 0.700. The molecule has 0 saturated heterocycles. The van der Waals surface area contributed by atoms with E-state index in [1.54, 1.807) is 26.4 Å². The standard InChI is InChI=1S/C24H25NO5/c1-27-20-9-5-6-15(23(20)28-2)12-21-22(26)17-10-11-19-18(24(17)30-21)13-25(14-29-19)16-7-3-4-8-16/h5-6,9-12,16H,3-4,7-8,13-14H2,1-2H3/b21-12-. The highest BCUT2D eigenvalue weighted by atomic mass is 16.5. The third-order valence-electron chi connectivity index (χ3n) is 6.21. The maximum Gasteiger partial charge on any atom is 0.231 e. The number of carbonyl (C=O) groups excluding carboxylic acids is 1. The van der Waals surface area contributed by atoms with Gasteiger partial charge in [0.1, 0.15) is 18.2 Å². The fraction of sp³-hybridized carbons (Fsp3) is 0.375. The van der Waals surface area contributed by atoms with Crippen LogP contribution in [0.5, 0.6) is 23.0 Å². The number of Topliss-reactive ketones (excluding diaryl/α,β-unsaturated/α-hetero) is 1. The van der Waals surface area contributed by atoms with Gasteiger partial charge in [0.25, 0.3) is 0 Å². The number of allylic oxidation sites excluding steroid dienone is 1. The minimum absolute atomic E-state index is 0.129. The van der Waals surface area contributed by atoms with Crippen molar-refractivity contribution in [3.05, 3.63) is 52.8 Å². The van der Waals surface area contributed by atoms with E-state index in [0.717, 1.165) is 23.4 Å². The number of ketones is 1. The van der Waals surface area contributed by atoms with Crippen LogP contribution in [0.2, 0.25) is 0 Å². The van der Waals surface area contributed by atoms with Gasteiger partial charge in [-0.3, -0.25) is 9.69 Å². The second-order valence-electron chi connectivity index (χ2n) is 7.90. The van der Waals surface area contributed by atoms with Crippen molar-refractivity contribution >= 4 is 11.9 Å². The molecule has 6 heteroatoms. The van der Waals surface area contributed by atoms with E-state index in [4.69, 9.17) is 18.9 Å². The molecule has 1 aliphatic carbocycles. The van der Waals surface area contributed by atoms with Gasteiger partial charge in [0.05, 0.1) is 25.3 Å². The molecule has 2 aromatic rings. The second-order valence-corrected chi connectivity index (χ2v) is 7.90. The van der Waals surface area contributed by atoms with Crippen LogP contribution in [0.15, 0.2) is 36.1 Å². The van der Waals surface area contributed by atoms with Crippen LogP contribution in [0, 0.1) is 0 Å². The molecule has 6 nitrogen and oxygen atoms in total. The zero-order valence-corrected chi connectivity index (χ0v) is 17.3. The number of hydrogen-bond donors (Lipinski definition) is 0. The molecule has 0 unspecified atom stereocenters. The molecule has 1 saturated carbocycles. The summed E-state index contributed by atoms with van der Waals surface area (Å²) in [5.41, 5.74) is 2.27. The first kappa shape index (κ1) is 19.0. The van der Waals surface area contributed by atoms with Crippen molar-refractivity contribution in [3.8, 4) is 23.0 Å². The van der Waals surface area contributed by atoms with Gasteiger partial charge in [-0.15, -0.1) is 0 Å². The van der Waals surface area contributed by atoms with Crippen LogP contribution in [-0.2, 0) is 6.54 Å². The van der Waals surface area contributed by atoms with Crippen molar-refractivity contribution in [1.29, 1.82) is 0 Å². The predicted octanol–water partition coefficient (Wildman–Crippen LogP) is 4.41. The molecule has 0 N–H and O–H groups in total. The summed E-state index contributed by atoms with van der Waals surface area (Å²) in [5.74, 6) is 2.74. The lowest BCUT2D eigenvalue weighted by atomic mass is 10.0. The number of carbonyl (C=O) groups is 1. The summed E-state index contributed by atoms with van der Waals surface area (Å²) in [6.07, 6.45) is 6.66. The summed E-state index contributed by atoms with van der Waals surface area (Å²) in [6, 6.07) is 9.77. The Labute approximate surface area is 176 Å². The number of nitrogens with zero attached hydrogens (tertiary/aromatic N) is 1. The number of fused-ring (bicyclic) bond motifs is 3. The zero-order valence-electron chi connectivity index (χ0n) is 17.3. The number of ether oxygens (including phenoxy) is 4. The Bertz CT molecular complexity index is 1020. The van der Waals surface area contributed by atoms with Gasteiger partial charge in [0.2, 0.25) is 5.78 Å². The van der Waals surface area contributed by atoms with Gasteiger partial charge in [-0.1, -0.05) is 25.0 Å². The first-order chi connectivity index (χ1) is 14.7. The molecule has 0 bridgehead atoms. The van der Waals surface area contributed by atoms with E-state index >= 15 is 0 Å². The van der Waals surface area contributed by atoms with Crippen molar-refractivity contribution in [2.24, 2.45) is 0 Å². The molecule has 5 rings (SSSR count). The van der Waals surface area contributed by atoms with Gasteiger partial charge in [-0.05, 0) is 37.1 Å². The van der Waals surface area contributed by atoms with Gasteiger partial charge in [-0.2, -0.15) is 0 Å². The van der Waals surface area contributed by atoms with Gasteiger partial charge < -0.3 is 18.9 Å². The normalized spacial score (nSPS) is 19.9. The van der Waals surface area contributed by atoms with Crippen LogP contribution in [0.25, 0.3) is 6.08 Å². The van der Waals surface area contributed by atoms with Crippen LogP contribution in [-0.4, -0.2) is 37.7 Å². The lowest BCUT2D eigenvalue weighted by Gasteiger charge is -2.33. The summed E-state index contributed by atoms with van der Waals surface area (Å²) in [4.78, 5) is 15.4. The van der Waals surface area contributed by atoms with E-state index in [0.29, 0.717) is 35.6 Å². The van der Waals surface area contributed by atoms with Gasteiger partial charge in [0, 0.05) is 18.2 Å². The van der Waals surface area contributed by atoms with E-state index in [1.165, 1.54) is 25.7 Å². The SMILES string of the molecule is COc1cccc(/C=C2\Oc3c(ccc4c3CN(C3CCCC3)CO4)C2=O)c1OC. The Hall–Kier alpha value is -2.99. The third kappa shape index (κ3) is 3.12. The van der Waals surface area contributed by atoms with Crippen molar-refractivity contribution in [1.82, 2.24) is 4.90 Å². The Balaban J connectivity index is 1.49. The molecule has 0 atom stereocenters. The second kappa shape index (κ2) is 7.69. The fourth-order valence-corrected chi connectivity index (χ4v) is 4.65. The monoisotopic (exact) mass is 407 g/mol. The molecule has 30 heavy (non-hydrogen) atoms. The molecule has 0 spiro atoms. The summed E-state index contributed by atoms with van der Waals surface area (Å²) >= 11 is 0.